The van der Waals surface area contributed by atoms with E-state index in [1.165, 1.54) is 0 Å². The van der Waals surface area contributed by atoms with E-state index in [2.05, 4.69) is 34.8 Å². The van der Waals surface area contributed by atoms with Crippen LogP contribution in [0.15, 0.2) is 16.6 Å². The maximum absolute atomic E-state index is 10.7. The molecule has 0 unspecified atom stereocenters. The Morgan fingerprint density at radius 2 is 1.30 bits per heavy atom. The van der Waals surface area contributed by atoms with Crippen LogP contribution in [0.5, 0.6) is 0 Å². The van der Waals surface area contributed by atoms with E-state index in [1.54, 1.807) is 0 Å². The molecule has 0 atom stereocenters. The van der Waals surface area contributed by atoms with Gasteiger partial charge in [0.15, 0.2) is 4.98 Å². The minimum absolute atomic E-state index is 0.730. The molecule has 2 nitrogen and oxygen atoms in total. The quantitative estimate of drug-likeness (QED) is 0.295. The summed E-state index contributed by atoms with van der Waals surface area (Å²) in [6, 6.07) is 3.99. The van der Waals surface area contributed by atoms with Gasteiger partial charge in [-0.2, -0.15) is 0 Å². The molecule has 0 radical (unpaired) electrons. The van der Waals surface area contributed by atoms with Gasteiger partial charge >= 0.3 is 38.7 Å². The van der Waals surface area contributed by atoms with Crippen LogP contribution in [0.4, 0.5) is 30.9 Å². The standard InChI is InChI=1S/C10H12BrN2.F6P/c1-3-7-5-9(11)6-8(4-2)10(7)13-12;1-7(2,3,4,5)6/h5-6H,3-4H2,1-2H3;/q+1;-1. The van der Waals surface area contributed by atoms with Crippen molar-refractivity contribution in [1.29, 1.82) is 5.39 Å². The summed E-state index contributed by atoms with van der Waals surface area (Å²) in [4.78, 5) is 3.33. The van der Waals surface area contributed by atoms with E-state index in [0.717, 1.165) is 34.1 Å². The third-order valence-corrected chi connectivity index (χ3v) is 2.55. The van der Waals surface area contributed by atoms with Crippen molar-refractivity contribution in [2.45, 2.75) is 26.7 Å². The summed E-state index contributed by atoms with van der Waals surface area (Å²) in [6.07, 6.45) is 1.76. The number of nitrogens with zero attached hydrogens (tertiary/aromatic N) is 2. The van der Waals surface area contributed by atoms with Gasteiger partial charge in [-0.05, 0) is 25.0 Å². The summed E-state index contributed by atoms with van der Waals surface area (Å²) in [6.45, 7) is 4.10. The molecule has 0 saturated carbocycles. The molecular weight excluding hydrogens is 373 g/mol. The molecule has 0 aromatic heterocycles. The van der Waals surface area contributed by atoms with Crippen LogP contribution in [0.1, 0.15) is 25.0 Å². The van der Waals surface area contributed by atoms with Crippen molar-refractivity contribution in [2.75, 3.05) is 0 Å². The summed E-state index contributed by atoms with van der Waals surface area (Å²) in [5.41, 5.74) is 2.88. The van der Waals surface area contributed by atoms with Gasteiger partial charge in [0.25, 0.3) is 0 Å². The molecule has 20 heavy (non-hydrogen) atoms. The van der Waals surface area contributed by atoms with Gasteiger partial charge in [0.1, 0.15) is 0 Å². The van der Waals surface area contributed by atoms with E-state index in [-0.39, 0.29) is 0 Å². The van der Waals surface area contributed by atoms with Crippen LogP contribution in [0.25, 0.3) is 4.98 Å². The first-order valence-corrected chi connectivity index (χ1v) is 8.22. The molecule has 0 aliphatic carbocycles. The van der Waals surface area contributed by atoms with Gasteiger partial charge in [-0.3, -0.25) is 0 Å². The Bertz CT molecular complexity index is 498. The molecule has 1 aromatic carbocycles. The molecular formula is C10H12BrF6N2P. The van der Waals surface area contributed by atoms with E-state index in [1.807, 2.05) is 12.1 Å². The van der Waals surface area contributed by atoms with Crippen LogP contribution < -0.4 is 0 Å². The van der Waals surface area contributed by atoms with Crippen LogP contribution in [0.2, 0.25) is 0 Å². The Balaban J connectivity index is 0.000000441. The van der Waals surface area contributed by atoms with E-state index in [9.17, 15) is 25.2 Å². The van der Waals surface area contributed by atoms with Gasteiger partial charge < -0.3 is 0 Å². The first-order valence-electron chi connectivity index (χ1n) is 5.40. The molecule has 0 N–H and O–H groups in total. The molecule has 1 rings (SSSR count). The molecule has 0 fully saturated rings. The van der Waals surface area contributed by atoms with Crippen molar-refractivity contribution in [1.82, 2.24) is 0 Å². The summed E-state index contributed by atoms with van der Waals surface area (Å²) in [7, 11) is -10.7. The number of hydrogen-bond donors (Lipinski definition) is 0. The number of diazo groups is 1. The van der Waals surface area contributed by atoms with Crippen molar-refractivity contribution in [3.8, 4) is 0 Å². The van der Waals surface area contributed by atoms with E-state index >= 15 is 0 Å². The van der Waals surface area contributed by atoms with Crippen molar-refractivity contribution in [3.05, 3.63) is 32.7 Å². The number of benzene rings is 1. The molecule has 10 heteroatoms. The van der Waals surface area contributed by atoms with E-state index in [0.29, 0.717) is 0 Å². The van der Waals surface area contributed by atoms with Gasteiger partial charge in [0, 0.05) is 15.6 Å². The fourth-order valence-corrected chi connectivity index (χ4v) is 1.94. The predicted molar refractivity (Wildman–Crippen MR) is 71.2 cm³/mol. The molecule has 0 heterocycles. The van der Waals surface area contributed by atoms with E-state index in [4.69, 9.17) is 5.39 Å². The van der Waals surface area contributed by atoms with Crippen molar-refractivity contribution < 1.29 is 25.2 Å². The predicted octanol–water partition coefficient (Wildman–Crippen LogP) is 7.44. The summed E-state index contributed by atoms with van der Waals surface area (Å²) >= 11 is 3.43. The average molecular weight is 385 g/mol. The summed E-state index contributed by atoms with van der Waals surface area (Å²) < 4.78 is 60.2. The Morgan fingerprint density at radius 3 is 1.50 bits per heavy atom. The maximum atomic E-state index is 9.87. The second-order valence-electron chi connectivity index (χ2n) is 3.84. The Kier molecular flexibility index (Phi) is 5.25. The summed E-state index contributed by atoms with van der Waals surface area (Å²) in [5, 5.41) is 8.86. The molecule has 0 saturated heterocycles. The first-order chi connectivity index (χ1) is 8.67. The van der Waals surface area contributed by atoms with Gasteiger partial charge in [-0.15, -0.1) is 0 Å². The number of rotatable bonds is 2. The van der Waals surface area contributed by atoms with Crippen molar-refractivity contribution in [3.63, 3.8) is 0 Å². The topological polar surface area (TPSA) is 28.1 Å². The molecule has 0 bridgehead atoms. The molecule has 0 aliphatic heterocycles. The summed E-state index contributed by atoms with van der Waals surface area (Å²) in [5.74, 6) is 0. The van der Waals surface area contributed by atoms with Crippen LogP contribution in [-0.2, 0) is 12.8 Å². The monoisotopic (exact) mass is 384 g/mol. The second-order valence-corrected chi connectivity index (χ2v) is 6.67. The van der Waals surface area contributed by atoms with Crippen LogP contribution >= 0.6 is 23.7 Å². The van der Waals surface area contributed by atoms with Gasteiger partial charge in [-0.25, -0.2) is 0 Å². The zero-order valence-electron chi connectivity index (χ0n) is 10.6. The van der Waals surface area contributed by atoms with Crippen molar-refractivity contribution in [2.24, 2.45) is 0 Å². The number of hydrogen-bond acceptors (Lipinski definition) is 1. The van der Waals surface area contributed by atoms with Crippen LogP contribution in [0, 0.1) is 5.39 Å². The first kappa shape index (κ1) is 19.1. The number of aryl methyl sites for hydroxylation is 2. The van der Waals surface area contributed by atoms with Gasteiger partial charge in [0.2, 0.25) is 5.39 Å². The molecule has 1 aromatic rings. The molecule has 0 aliphatic rings. The van der Waals surface area contributed by atoms with Crippen molar-refractivity contribution >= 4 is 29.4 Å². The number of halogens is 7. The molecule has 0 amide bonds. The Labute approximate surface area is 120 Å². The molecule has 0 spiro atoms. The zero-order valence-corrected chi connectivity index (χ0v) is 13.0. The van der Waals surface area contributed by atoms with Gasteiger partial charge in [-0.1, -0.05) is 29.8 Å². The minimum atomic E-state index is -10.7. The third-order valence-electron chi connectivity index (χ3n) is 2.09. The average Bonchev–Trinajstić information content (AvgIpc) is 2.23. The van der Waals surface area contributed by atoms with Gasteiger partial charge in [0.05, 0.1) is 0 Å². The zero-order chi connectivity index (χ0) is 16.3. The normalized spacial score (nSPS) is 14.4. The van der Waals surface area contributed by atoms with Crippen LogP contribution in [-0.4, -0.2) is 0 Å². The van der Waals surface area contributed by atoms with E-state index < -0.39 is 7.81 Å². The fraction of sp³-hybridized carbons (Fsp3) is 0.400. The van der Waals surface area contributed by atoms with Crippen LogP contribution in [0.3, 0.4) is 0 Å². The third kappa shape index (κ3) is 9.98. The Morgan fingerprint density at radius 1 is 1.00 bits per heavy atom. The molecule has 116 valence electrons. The second kappa shape index (κ2) is 5.49. The fourth-order valence-electron chi connectivity index (χ4n) is 1.38. The SMILES string of the molecule is CCc1cc(Br)cc(CC)c1[N+]#N.F[P-](F)(F)(F)(F)F. The Hall–Kier alpha value is -0.870.